The van der Waals surface area contributed by atoms with Gasteiger partial charge in [0.25, 0.3) is 10.1 Å². The highest BCUT2D eigenvalue weighted by atomic mass is 32.2. The second-order valence-corrected chi connectivity index (χ2v) is 12.3. The fourth-order valence-corrected chi connectivity index (χ4v) is 6.39. The van der Waals surface area contributed by atoms with Crippen LogP contribution < -0.4 is 0 Å². The van der Waals surface area contributed by atoms with E-state index in [1.807, 2.05) is 0 Å². The maximum atomic E-state index is 14.0. The van der Waals surface area contributed by atoms with Gasteiger partial charge in [-0.2, -0.15) is 8.42 Å². The molecule has 1 aliphatic carbocycles. The van der Waals surface area contributed by atoms with Gasteiger partial charge in [0.2, 0.25) is 0 Å². The molecule has 1 aliphatic heterocycles. The fourth-order valence-electron chi connectivity index (χ4n) is 5.99. The third-order valence-electron chi connectivity index (χ3n) is 7.50. The molecule has 1 aromatic rings. The van der Waals surface area contributed by atoms with Crippen molar-refractivity contribution in [3.8, 4) is 0 Å². The highest BCUT2D eigenvalue weighted by molar-refractivity contribution is 7.85. The maximum absolute atomic E-state index is 14.0. The number of piperidine rings is 1. The largest absolute Gasteiger partial charge is 0.303 e. The van der Waals surface area contributed by atoms with E-state index < -0.39 is 10.1 Å². The van der Waals surface area contributed by atoms with E-state index in [9.17, 15) is 12.8 Å². The van der Waals surface area contributed by atoms with E-state index in [0.29, 0.717) is 17.8 Å². The Hall–Kier alpha value is -1.50. The van der Waals surface area contributed by atoms with Crippen molar-refractivity contribution >= 4 is 10.1 Å². The molecule has 1 saturated heterocycles. The van der Waals surface area contributed by atoms with E-state index in [0.717, 1.165) is 63.6 Å². The van der Waals surface area contributed by atoms with Gasteiger partial charge in [0.15, 0.2) is 0 Å². The lowest BCUT2D eigenvalue weighted by Gasteiger charge is -2.36. The molecule has 34 heavy (non-hydrogen) atoms. The van der Waals surface area contributed by atoms with Crippen LogP contribution in [0.3, 0.4) is 0 Å². The van der Waals surface area contributed by atoms with Crippen LogP contribution in [-0.2, 0) is 20.7 Å². The number of hydrogen-bond donors (Lipinski definition) is 0. The molecule has 0 saturated carbocycles. The molecule has 4 nitrogen and oxygen atoms in total. The number of hydrogen-bond acceptors (Lipinski definition) is 4. The van der Waals surface area contributed by atoms with Gasteiger partial charge in [-0.1, -0.05) is 43.7 Å². The molecule has 0 N–H and O–H groups in total. The predicted octanol–water partition coefficient (Wildman–Crippen LogP) is 6.26. The summed E-state index contributed by atoms with van der Waals surface area (Å²) in [5.41, 5.74) is 5.20. The lowest BCUT2D eigenvalue weighted by molar-refractivity contribution is 0.134. The summed E-state index contributed by atoms with van der Waals surface area (Å²) >= 11 is 0. The summed E-state index contributed by atoms with van der Waals surface area (Å²) in [7, 11) is -3.37. The molecule has 3 rings (SSSR count). The number of allylic oxidation sites excluding steroid dienone is 4. The number of benzene rings is 1. The van der Waals surface area contributed by atoms with Gasteiger partial charge in [0, 0.05) is 13.1 Å². The summed E-state index contributed by atoms with van der Waals surface area (Å²) in [6.07, 6.45) is 7.87. The minimum Gasteiger partial charge on any atom is -0.303 e. The molecular formula is C28H42FNO3S. The van der Waals surface area contributed by atoms with Gasteiger partial charge < -0.3 is 4.90 Å². The minimum atomic E-state index is -3.37. The average Bonchev–Trinajstić information content (AvgIpc) is 2.83. The highest BCUT2D eigenvalue weighted by Gasteiger charge is 2.30. The standard InChI is InChI=1S/C28H42FNO3S/c1-20(18-30-13-8-9-24(19-30)12-14-33-34(5,31)32)15-28-23(4)27(17-22(3)29)21(2)16-25-10-6-7-11-26(25)28/h6-7,10-11,17,20,23-24,28H,8-9,12-16,18-19H2,1-5H3/b22-17+/t20-,23-,24?,28-/m0/s1. The number of fused-ring (bicyclic) bond motifs is 1. The first-order valence-corrected chi connectivity index (χ1v) is 14.5. The number of rotatable bonds is 9. The number of nitrogens with zero attached hydrogens (tertiary/aromatic N) is 1. The van der Waals surface area contributed by atoms with Crippen molar-refractivity contribution in [1.29, 1.82) is 0 Å². The Morgan fingerprint density at radius 2 is 2.06 bits per heavy atom. The number of halogens is 1. The van der Waals surface area contributed by atoms with Crippen molar-refractivity contribution in [3.63, 3.8) is 0 Å². The smallest absolute Gasteiger partial charge is 0.264 e. The molecule has 0 bridgehead atoms. The van der Waals surface area contributed by atoms with Crippen LogP contribution in [0, 0.1) is 17.8 Å². The molecule has 0 aromatic heterocycles. The first-order chi connectivity index (χ1) is 16.0. The second-order valence-electron chi connectivity index (χ2n) is 10.7. The zero-order valence-electron chi connectivity index (χ0n) is 21.5. The second kappa shape index (κ2) is 12.0. The summed E-state index contributed by atoms with van der Waals surface area (Å²) in [4.78, 5) is 2.54. The van der Waals surface area contributed by atoms with Crippen molar-refractivity contribution in [2.45, 2.75) is 65.7 Å². The van der Waals surface area contributed by atoms with E-state index in [1.165, 1.54) is 23.6 Å². The van der Waals surface area contributed by atoms with Crippen LogP contribution in [0.1, 0.15) is 70.4 Å². The summed E-state index contributed by atoms with van der Waals surface area (Å²) in [6, 6.07) is 8.74. The van der Waals surface area contributed by atoms with Crippen LogP contribution in [0.4, 0.5) is 4.39 Å². The molecule has 6 heteroatoms. The van der Waals surface area contributed by atoms with Gasteiger partial charge in [0.05, 0.1) is 18.7 Å². The van der Waals surface area contributed by atoms with E-state index in [4.69, 9.17) is 4.18 Å². The van der Waals surface area contributed by atoms with E-state index >= 15 is 0 Å². The number of likely N-dealkylation sites (tertiary alicyclic amines) is 1. The van der Waals surface area contributed by atoms with Crippen LogP contribution >= 0.6 is 0 Å². The molecule has 2 aliphatic rings. The van der Waals surface area contributed by atoms with E-state index in [-0.39, 0.29) is 18.4 Å². The molecular weight excluding hydrogens is 449 g/mol. The van der Waals surface area contributed by atoms with Crippen LogP contribution in [0.15, 0.2) is 47.3 Å². The van der Waals surface area contributed by atoms with Crippen molar-refractivity contribution < 1.29 is 17.0 Å². The van der Waals surface area contributed by atoms with Crippen LogP contribution in [0.2, 0.25) is 0 Å². The molecule has 0 amide bonds. The molecule has 0 spiro atoms. The normalized spacial score (nSPS) is 25.7. The Balaban J connectivity index is 1.67. The summed E-state index contributed by atoms with van der Waals surface area (Å²) in [5.74, 6) is 1.48. The summed E-state index contributed by atoms with van der Waals surface area (Å²) < 4.78 is 41.4. The summed E-state index contributed by atoms with van der Waals surface area (Å²) in [5, 5.41) is 0. The molecule has 1 aromatic carbocycles. The molecule has 0 radical (unpaired) electrons. The highest BCUT2D eigenvalue weighted by Crippen LogP contribution is 2.42. The molecule has 1 unspecified atom stereocenters. The van der Waals surface area contributed by atoms with Crippen LogP contribution in [0.5, 0.6) is 0 Å². The van der Waals surface area contributed by atoms with Gasteiger partial charge in [-0.3, -0.25) is 4.18 Å². The average molecular weight is 492 g/mol. The molecule has 4 atom stereocenters. The van der Waals surface area contributed by atoms with Crippen molar-refractivity contribution in [2.75, 3.05) is 32.5 Å². The quantitative estimate of drug-likeness (QED) is 0.383. The van der Waals surface area contributed by atoms with Crippen LogP contribution in [-0.4, -0.2) is 45.8 Å². The van der Waals surface area contributed by atoms with Gasteiger partial charge in [-0.25, -0.2) is 4.39 Å². The molecule has 1 fully saturated rings. The first kappa shape index (κ1) is 27.1. The van der Waals surface area contributed by atoms with E-state index in [1.54, 1.807) is 6.08 Å². The van der Waals surface area contributed by atoms with Crippen molar-refractivity contribution in [1.82, 2.24) is 4.90 Å². The Bertz CT molecular complexity index is 997. The van der Waals surface area contributed by atoms with Crippen LogP contribution in [0.25, 0.3) is 0 Å². The monoisotopic (exact) mass is 491 g/mol. The third-order valence-corrected chi connectivity index (χ3v) is 8.10. The van der Waals surface area contributed by atoms with Gasteiger partial charge in [-0.15, -0.1) is 0 Å². The lowest BCUT2D eigenvalue weighted by Crippen LogP contribution is -2.39. The predicted molar refractivity (Wildman–Crippen MR) is 138 cm³/mol. The SMILES string of the molecule is CC1=C(/C=C(\C)F)[C@H](C)[C@H](C[C@H](C)CN2CCCC(CCOS(C)(=O)=O)C2)c2ccccc2C1. The van der Waals surface area contributed by atoms with Gasteiger partial charge >= 0.3 is 0 Å². The zero-order chi connectivity index (χ0) is 24.9. The Morgan fingerprint density at radius 3 is 2.76 bits per heavy atom. The Morgan fingerprint density at radius 1 is 1.32 bits per heavy atom. The van der Waals surface area contributed by atoms with Gasteiger partial charge in [0.1, 0.15) is 0 Å². The van der Waals surface area contributed by atoms with Gasteiger partial charge in [-0.05, 0) is 98.9 Å². The Labute approximate surface area is 206 Å². The maximum Gasteiger partial charge on any atom is 0.264 e. The van der Waals surface area contributed by atoms with Crippen molar-refractivity contribution in [2.24, 2.45) is 17.8 Å². The molecule has 190 valence electrons. The third kappa shape index (κ3) is 7.76. The Kier molecular flexibility index (Phi) is 9.53. The zero-order valence-corrected chi connectivity index (χ0v) is 22.3. The van der Waals surface area contributed by atoms with E-state index in [2.05, 4.69) is 49.9 Å². The fraction of sp³-hybridized carbons (Fsp3) is 0.643. The topological polar surface area (TPSA) is 46.6 Å². The lowest BCUT2D eigenvalue weighted by atomic mass is 9.77. The summed E-state index contributed by atoms with van der Waals surface area (Å²) in [6.45, 7) is 11.7. The minimum absolute atomic E-state index is 0.127. The first-order valence-electron chi connectivity index (χ1n) is 12.7. The molecule has 1 heterocycles. The van der Waals surface area contributed by atoms with Crippen molar-refractivity contribution in [3.05, 3.63) is 58.4 Å².